The second-order valence-electron chi connectivity index (χ2n) is 4.27. The van der Waals surface area contributed by atoms with Gasteiger partial charge in [-0.1, -0.05) is 42.7 Å². The molecule has 2 rings (SSSR count). The zero-order valence-electron chi connectivity index (χ0n) is 10.3. The van der Waals surface area contributed by atoms with Crippen molar-refractivity contribution in [2.24, 2.45) is 0 Å². The lowest BCUT2D eigenvalue weighted by molar-refractivity contribution is -0.135. The van der Waals surface area contributed by atoms with Crippen LogP contribution in [-0.2, 0) is 9.59 Å². The highest BCUT2D eigenvalue weighted by molar-refractivity contribution is 7.81. The first kappa shape index (κ1) is 14.5. The Bertz CT molecular complexity index is 663. The first-order valence-electron chi connectivity index (χ1n) is 5.78. The van der Waals surface area contributed by atoms with Crippen LogP contribution >= 0.6 is 24.4 Å². The van der Waals surface area contributed by atoms with E-state index < -0.39 is 11.9 Å². The van der Waals surface area contributed by atoms with Gasteiger partial charge in [-0.2, -0.15) is 0 Å². The Morgan fingerprint density at radius 3 is 2.10 bits per heavy atom. The van der Waals surface area contributed by atoms with Gasteiger partial charge in [0.15, 0.2) is 0 Å². The molecule has 2 aliphatic carbocycles. The third-order valence-electron chi connectivity index (χ3n) is 3.00. The van der Waals surface area contributed by atoms with Crippen molar-refractivity contribution < 1.29 is 19.8 Å². The van der Waals surface area contributed by atoms with Crippen LogP contribution in [0.2, 0.25) is 0 Å². The van der Waals surface area contributed by atoms with Crippen molar-refractivity contribution in [2.75, 3.05) is 0 Å². The summed E-state index contributed by atoms with van der Waals surface area (Å²) in [6.45, 7) is 0. The SMILES string of the molecule is O=C(O)C1=C(C(=O)O)C(C2=CCC(=S)C=C2)=CCC1=S. The summed E-state index contributed by atoms with van der Waals surface area (Å²) in [5, 5.41) is 18.5. The summed E-state index contributed by atoms with van der Waals surface area (Å²) in [5.74, 6) is -2.60. The summed E-state index contributed by atoms with van der Waals surface area (Å²) in [6, 6.07) is 0. The zero-order valence-corrected chi connectivity index (χ0v) is 11.9. The summed E-state index contributed by atoms with van der Waals surface area (Å²) in [6.07, 6.45) is 7.66. The Morgan fingerprint density at radius 1 is 0.950 bits per heavy atom. The summed E-state index contributed by atoms with van der Waals surface area (Å²) in [4.78, 5) is 23.6. The van der Waals surface area contributed by atoms with Gasteiger partial charge >= 0.3 is 11.9 Å². The van der Waals surface area contributed by atoms with E-state index >= 15 is 0 Å². The molecule has 0 spiro atoms. The average molecular weight is 306 g/mol. The Kier molecular flexibility index (Phi) is 4.06. The summed E-state index contributed by atoms with van der Waals surface area (Å²) < 4.78 is 0. The Labute approximate surface area is 125 Å². The molecule has 0 saturated carbocycles. The van der Waals surface area contributed by atoms with Crippen LogP contribution in [0.1, 0.15) is 12.8 Å². The van der Waals surface area contributed by atoms with Gasteiger partial charge in [0, 0.05) is 22.6 Å². The quantitative estimate of drug-likeness (QED) is 0.780. The standard InChI is InChI=1S/C14H10O4S2/c15-13(16)11-9(7-1-3-8(19)4-2-7)5-6-10(20)12(11)14(17)18/h1-3,5H,4,6H2,(H,15,16)(H,17,18). The molecule has 4 nitrogen and oxygen atoms in total. The third kappa shape index (κ3) is 2.66. The number of aliphatic carboxylic acids is 2. The van der Waals surface area contributed by atoms with E-state index in [0.29, 0.717) is 17.6 Å². The fourth-order valence-electron chi connectivity index (χ4n) is 2.11. The molecule has 0 amide bonds. The Hall–Kier alpha value is -1.92. The van der Waals surface area contributed by atoms with Crippen LogP contribution in [0.4, 0.5) is 0 Å². The maximum atomic E-state index is 11.4. The highest BCUT2D eigenvalue weighted by Crippen LogP contribution is 2.31. The van der Waals surface area contributed by atoms with Crippen LogP contribution in [-0.4, -0.2) is 31.9 Å². The van der Waals surface area contributed by atoms with E-state index in [2.05, 4.69) is 0 Å². The Morgan fingerprint density at radius 2 is 1.60 bits per heavy atom. The summed E-state index contributed by atoms with van der Waals surface area (Å²) in [5.41, 5.74) is 0.504. The minimum Gasteiger partial charge on any atom is -0.478 e. The van der Waals surface area contributed by atoms with Crippen LogP contribution in [0.25, 0.3) is 0 Å². The van der Waals surface area contributed by atoms with Crippen LogP contribution < -0.4 is 0 Å². The number of carboxylic acid groups (broad SMARTS) is 2. The highest BCUT2D eigenvalue weighted by atomic mass is 32.1. The molecule has 0 atom stereocenters. The van der Waals surface area contributed by atoms with E-state index in [-0.39, 0.29) is 22.4 Å². The molecule has 0 bridgehead atoms. The van der Waals surface area contributed by atoms with E-state index in [1.54, 1.807) is 24.3 Å². The first-order valence-corrected chi connectivity index (χ1v) is 6.59. The topological polar surface area (TPSA) is 74.6 Å². The summed E-state index contributed by atoms with van der Waals surface area (Å²) >= 11 is 10.00. The maximum absolute atomic E-state index is 11.4. The second kappa shape index (κ2) is 5.60. The smallest absolute Gasteiger partial charge is 0.337 e. The van der Waals surface area contributed by atoms with Crippen molar-refractivity contribution in [3.05, 3.63) is 46.6 Å². The third-order valence-corrected chi connectivity index (χ3v) is 3.67. The highest BCUT2D eigenvalue weighted by Gasteiger charge is 2.30. The molecule has 6 heteroatoms. The molecular formula is C14H10O4S2. The van der Waals surface area contributed by atoms with Crippen molar-refractivity contribution in [2.45, 2.75) is 12.8 Å². The molecule has 2 aliphatic rings. The summed E-state index contributed by atoms with van der Waals surface area (Å²) in [7, 11) is 0. The minimum atomic E-state index is -1.31. The fraction of sp³-hybridized carbons (Fsp3) is 0.143. The van der Waals surface area contributed by atoms with E-state index in [1.165, 1.54) is 0 Å². The number of hydrogen-bond acceptors (Lipinski definition) is 4. The predicted octanol–water partition coefficient (Wildman–Crippen LogP) is 2.41. The largest absolute Gasteiger partial charge is 0.478 e. The molecule has 0 radical (unpaired) electrons. The van der Waals surface area contributed by atoms with Gasteiger partial charge in [0.2, 0.25) is 0 Å². The van der Waals surface area contributed by atoms with Crippen LogP contribution in [0.5, 0.6) is 0 Å². The van der Waals surface area contributed by atoms with Gasteiger partial charge in [-0.05, 0) is 17.2 Å². The lowest BCUT2D eigenvalue weighted by atomic mass is 9.84. The predicted molar refractivity (Wildman–Crippen MR) is 82.0 cm³/mol. The lowest BCUT2D eigenvalue weighted by Crippen LogP contribution is -2.22. The molecule has 0 unspecified atom stereocenters. The van der Waals surface area contributed by atoms with Crippen molar-refractivity contribution >= 4 is 46.1 Å². The van der Waals surface area contributed by atoms with Gasteiger partial charge in [-0.15, -0.1) is 0 Å². The molecule has 0 heterocycles. The van der Waals surface area contributed by atoms with Crippen molar-refractivity contribution in [1.29, 1.82) is 0 Å². The molecule has 0 aromatic carbocycles. The number of rotatable bonds is 3. The van der Waals surface area contributed by atoms with E-state index in [1.807, 2.05) is 0 Å². The molecule has 0 fully saturated rings. The maximum Gasteiger partial charge on any atom is 0.337 e. The number of carboxylic acids is 2. The monoisotopic (exact) mass is 306 g/mol. The Balaban J connectivity index is 2.56. The van der Waals surface area contributed by atoms with Gasteiger partial charge in [0.1, 0.15) is 0 Å². The van der Waals surface area contributed by atoms with Crippen molar-refractivity contribution in [1.82, 2.24) is 0 Å². The van der Waals surface area contributed by atoms with Gasteiger partial charge < -0.3 is 10.2 Å². The normalized spacial score (nSPS) is 18.8. The molecule has 0 aromatic rings. The molecule has 0 saturated heterocycles. The van der Waals surface area contributed by atoms with Crippen LogP contribution in [0.3, 0.4) is 0 Å². The van der Waals surface area contributed by atoms with Crippen molar-refractivity contribution in [3.63, 3.8) is 0 Å². The zero-order chi connectivity index (χ0) is 14.9. The van der Waals surface area contributed by atoms with E-state index in [0.717, 1.165) is 4.86 Å². The number of allylic oxidation sites excluding steroid dienone is 5. The first-order chi connectivity index (χ1) is 9.41. The number of thiocarbonyl (C=S) groups is 2. The average Bonchev–Trinajstić information content (AvgIpc) is 2.39. The molecule has 0 aliphatic heterocycles. The second-order valence-corrected chi connectivity index (χ2v) is 5.29. The molecular weight excluding hydrogens is 296 g/mol. The molecule has 2 N–H and O–H groups in total. The molecule has 20 heavy (non-hydrogen) atoms. The van der Waals surface area contributed by atoms with Crippen LogP contribution in [0.15, 0.2) is 46.6 Å². The fourth-order valence-corrected chi connectivity index (χ4v) is 2.54. The van der Waals surface area contributed by atoms with Gasteiger partial charge in [0.25, 0.3) is 0 Å². The minimum absolute atomic E-state index is 0.134. The van der Waals surface area contributed by atoms with Gasteiger partial charge in [0.05, 0.1) is 11.1 Å². The van der Waals surface area contributed by atoms with E-state index in [9.17, 15) is 19.8 Å². The lowest BCUT2D eigenvalue weighted by Gasteiger charge is -2.20. The molecule has 0 aromatic heterocycles. The van der Waals surface area contributed by atoms with Crippen LogP contribution in [0, 0.1) is 0 Å². The number of hydrogen-bond donors (Lipinski definition) is 2. The van der Waals surface area contributed by atoms with Crippen molar-refractivity contribution in [3.8, 4) is 0 Å². The van der Waals surface area contributed by atoms with Gasteiger partial charge in [-0.3, -0.25) is 0 Å². The number of carbonyl (C=O) groups is 2. The van der Waals surface area contributed by atoms with Gasteiger partial charge in [-0.25, -0.2) is 9.59 Å². The van der Waals surface area contributed by atoms with E-state index in [4.69, 9.17) is 24.4 Å². The molecule has 102 valence electrons.